The molecular weight excluding hydrogens is 468 g/mol. The zero-order chi connectivity index (χ0) is 23.5. The Morgan fingerprint density at radius 3 is 2.16 bits per heavy atom. The molecule has 0 saturated carbocycles. The van der Waals surface area contributed by atoms with Crippen molar-refractivity contribution in [3.05, 3.63) is 28.8 Å². The average Bonchev–Trinajstić information content (AvgIpc) is 2.73. The minimum absolute atomic E-state index is 0.0708. The Morgan fingerprint density at radius 2 is 1.59 bits per heavy atom. The Balaban J connectivity index is 1.60. The number of hydrogen-bond donors (Lipinski definition) is 0. The lowest BCUT2D eigenvalue weighted by molar-refractivity contribution is -0.308. The highest BCUT2D eigenvalue weighted by atomic mass is 35.5. The molecule has 0 unspecified atom stereocenters. The summed E-state index contributed by atoms with van der Waals surface area (Å²) in [4.78, 5) is 16.8. The number of ether oxygens (including phenoxy) is 2. The van der Waals surface area contributed by atoms with Crippen LogP contribution in [0.5, 0.6) is 0 Å². The monoisotopic (exact) mass is 489 g/mol. The number of morpholine rings is 1. The fraction of sp³-hybridized carbons (Fsp3) is 0.632. The van der Waals surface area contributed by atoms with Gasteiger partial charge in [0.05, 0.1) is 13.2 Å². The number of carbonyl (C=O) groups excluding carboxylic acids is 1. The second-order valence-electron chi connectivity index (χ2n) is 7.45. The van der Waals surface area contributed by atoms with Crippen LogP contribution in [0, 0.1) is 0 Å². The minimum atomic E-state index is -5.74. The summed E-state index contributed by atoms with van der Waals surface area (Å²) in [5.74, 6) is 0. The third-order valence-electron chi connectivity index (χ3n) is 5.27. The van der Waals surface area contributed by atoms with E-state index in [1.54, 1.807) is 6.07 Å². The number of carbonyl (C=O) groups is 1. The Hall–Kier alpha value is -1.92. The summed E-state index contributed by atoms with van der Waals surface area (Å²) in [6, 6.07) is 5.53. The summed E-state index contributed by atoms with van der Waals surface area (Å²) in [6.45, 7) is 3.34. The fourth-order valence-corrected chi connectivity index (χ4v) is 3.84. The Bertz CT molecular complexity index is 779. The molecule has 13 heteroatoms. The quantitative estimate of drug-likeness (QED) is 0.600. The molecule has 180 valence electrons. The number of benzene rings is 1. The van der Waals surface area contributed by atoms with Gasteiger partial charge in [0.15, 0.2) is 0 Å². The van der Waals surface area contributed by atoms with Crippen LogP contribution in [0.3, 0.4) is 0 Å². The first-order chi connectivity index (χ1) is 15.0. The molecule has 3 rings (SSSR count). The molecule has 32 heavy (non-hydrogen) atoms. The van der Waals surface area contributed by atoms with Gasteiger partial charge in [0.1, 0.15) is 0 Å². The molecule has 0 radical (unpaired) electrons. The smallest absolute Gasteiger partial charge is 0.426 e. The molecule has 2 heterocycles. The van der Waals surface area contributed by atoms with Crippen LogP contribution in [0.2, 0.25) is 5.02 Å². The van der Waals surface area contributed by atoms with Crippen LogP contribution >= 0.6 is 11.6 Å². The van der Waals surface area contributed by atoms with E-state index in [1.165, 1.54) is 0 Å². The van der Waals surface area contributed by atoms with Crippen LogP contribution in [0.4, 0.5) is 36.8 Å². The normalized spacial score (nSPS) is 18.9. The van der Waals surface area contributed by atoms with Crippen molar-refractivity contribution >= 4 is 23.4 Å². The van der Waals surface area contributed by atoms with Crippen molar-refractivity contribution < 1.29 is 40.6 Å². The van der Waals surface area contributed by atoms with E-state index < -0.39 is 24.5 Å². The summed E-state index contributed by atoms with van der Waals surface area (Å²) < 4.78 is 84.9. The largest absolute Gasteiger partial charge is 0.434 e. The highest BCUT2D eigenvalue weighted by Gasteiger charge is 2.60. The molecule has 1 aromatic carbocycles. The molecular formula is C19H22ClF6N3O3. The predicted molar refractivity (Wildman–Crippen MR) is 104 cm³/mol. The lowest BCUT2D eigenvalue weighted by Crippen LogP contribution is -2.52. The van der Waals surface area contributed by atoms with E-state index in [4.69, 9.17) is 16.3 Å². The summed E-state index contributed by atoms with van der Waals surface area (Å²) >= 11 is 6.41. The van der Waals surface area contributed by atoms with Gasteiger partial charge in [-0.2, -0.15) is 26.3 Å². The Labute approximate surface area is 185 Å². The molecule has 0 N–H and O–H groups in total. The lowest BCUT2D eigenvalue weighted by Gasteiger charge is -2.36. The van der Waals surface area contributed by atoms with Crippen molar-refractivity contribution in [2.75, 3.05) is 57.4 Å². The molecule has 2 fully saturated rings. The summed E-state index contributed by atoms with van der Waals surface area (Å²) in [7, 11) is 0. The summed E-state index contributed by atoms with van der Waals surface area (Å²) in [5, 5.41) is 0.550. The van der Waals surface area contributed by atoms with E-state index in [1.807, 2.05) is 17.0 Å². The molecule has 0 spiro atoms. The standard InChI is InChI=1S/C19H22ClF6N3O3/c20-14-2-1-3-15(28-8-10-31-11-9-28)13(14)12-27-4-6-29(7-5-27)17(30)32-16(18(21,22)23)19(24,25)26/h1-3,16H,4-12H2. The predicted octanol–water partition coefficient (Wildman–Crippen LogP) is 3.92. The average molecular weight is 490 g/mol. The van der Waals surface area contributed by atoms with Crippen LogP contribution in [0.1, 0.15) is 5.56 Å². The number of piperazine rings is 1. The SMILES string of the molecule is O=C(OC(C(F)(F)F)C(F)(F)F)N1CCN(Cc2c(Cl)cccc2N2CCOCC2)CC1. The van der Waals surface area contributed by atoms with E-state index in [2.05, 4.69) is 9.64 Å². The molecule has 0 aliphatic carbocycles. The second-order valence-corrected chi connectivity index (χ2v) is 7.85. The van der Waals surface area contributed by atoms with Crippen LogP contribution in [0.25, 0.3) is 0 Å². The van der Waals surface area contributed by atoms with Gasteiger partial charge in [-0.3, -0.25) is 4.90 Å². The Morgan fingerprint density at radius 1 is 1.00 bits per heavy atom. The van der Waals surface area contributed by atoms with Crippen LogP contribution in [-0.2, 0) is 16.0 Å². The number of alkyl halides is 6. The van der Waals surface area contributed by atoms with Crippen molar-refractivity contribution in [1.29, 1.82) is 0 Å². The maximum atomic E-state index is 12.6. The van der Waals surface area contributed by atoms with Crippen LogP contribution in [0.15, 0.2) is 18.2 Å². The number of nitrogens with zero attached hydrogens (tertiary/aromatic N) is 3. The molecule has 2 aliphatic rings. The molecule has 1 amide bonds. The van der Waals surface area contributed by atoms with Crippen molar-refractivity contribution in [3.63, 3.8) is 0 Å². The van der Waals surface area contributed by atoms with Crippen LogP contribution < -0.4 is 4.90 Å². The van der Waals surface area contributed by atoms with Gasteiger partial charge in [-0.25, -0.2) is 4.79 Å². The van der Waals surface area contributed by atoms with E-state index in [0.29, 0.717) is 37.9 Å². The fourth-order valence-electron chi connectivity index (χ4n) is 3.61. The number of halogens is 7. The maximum absolute atomic E-state index is 12.6. The molecule has 0 bridgehead atoms. The van der Waals surface area contributed by atoms with Gasteiger partial charge in [-0.15, -0.1) is 0 Å². The molecule has 2 saturated heterocycles. The van der Waals surface area contributed by atoms with Crippen molar-refractivity contribution in [3.8, 4) is 0 Å². The van der Waals surface area contributed by atoms with Gasteiger partial charge < -0.3 is 19.3 Å². The van der Waals surface area contributed by atoms with Crippen molar-refractivity contribution in [2.24, 2.45) is 0 Å². The summed E-state index contributed by atoms with van der Waals surface area (Å²) in [5.41, 5.74) is 1.81. The molecule has 1 aromatic rings. The minimum Gasteiger partial charge on any atom is -0.426 e. The first kappa shape index (κ1) is 24.7. The maximum Gasteiger partial charge on any atom is 0.434 e. The van der Waals surface area contributed by atoms with E-state index >= 15 is 0 Å². The van der Waals surface area contributed by atoms with Gasteiger partial charge in [0.2, 0.25) is 0 Å². The number of anilines is 1. The third-order valence-corrected chi connectivity index (χ3v) is 5.63. The zero-order valence-corrected chi connectivity index (χ0v) is 17.6. The molecule has 0 atom stereocenters. The highest BCUT2D eigenvalue weighted by molar-refractivity contribution is 6.31. The van der Waals surface area contributed by atoms with Gasteiger partial charge >= 0.3 is 18.4 Å². The van der Waals surface area contributed by atoms with Gasteiger partial charge in [-0.1, -0.05) is 17.7 Å². The number of amides is 1. The highest BCUT2D eigenvalue weighted by Crippen LogP contribution is 2.36. The molecule has 0 aromatic heterocycles. The van der Waals surface area contributed by atoms with Crippen molar-refractivity contribution in [2.45, 2.75) is 25.0 Å². The first-order valence-electron chi connectivity index (χ1n) is 9.88. The number of hydrogen-bond acceptors (Lipinski definition) is 5. The molecule has 6 nitrogen and oxygen atoms in total. The van der Waals surface area contributed by atoms with E-state index in [-0.39, 0.29) is 26.2 Å². The van der Waals surface area contributed by atoms with Crippen LogP contribution in [-0.4, -0.2) is 86.8 Å². The second kappa shape index (κ2) is 9.92. The van der Waals surface area contributed by atoms with E-state index in [9.17, 15) is 31.1 Å². The lowest BCUT2D eigenvalue weighted by atomic mass is 10.1. The first-order valence-corrected chi connectivity index (χ1v) is 10.3. The van der Waals surface area contributed by atoms with Gasteiger partial charge in [0.25, 0.3) is 6.10 Å². The van der Waals surface area contributed by atoms with Gasteiger partial charge in [-0.05, 0) is 12.1 Å². The Kier molecular flexibility index (Phi) is 7.66. The summed E-state index contributed by atoms with van der Waals surface area (Å²) in [6.07, 6.45) is -17.3. The number of rotatable bonds is 4. The topological polar surface area (TPSA) is 45.2 Å². The third kappa shape index (κ3) is 6.10. The molecule has 2 aliphatic heterocycles. The van der Waals surface area contributed by atoms with E-state index in [0.717, 1.165) is 16.2 Å². The van der Waals surface area contributed by atoms with Gasteiger partial charge in [0, 0.05) is 62.1 Å². The van der Waals surface area contributed by atoms with Crippen molar-refractivity contribution in [1.82, 2.24) is 9.80 Å². The zero-order valence-electron chi connectivity index (χ0n) is 16.9.